The first kappa shape index (κ1) is 21.6. The molecule has 0 radical (unpaired) electrons. The number of hydrogen-bond donors (Lipinski definition) is 0. The van der Waals surface area contributed by atoms with Crippen molar-refractivity contribution in [2.75, 3.05) is 26.3 Å². The van der Waals surface area contributed by atoms with Crippen LogP contribution in [-0.2, 0) is 11.3 Å². The van der Waals surface area contributed by atoms with Crippen molar-refractivity contribution in [2.45, 2.75) is 20.4 Å². The number of aryl methyl sites for hydroxylation is 2. The van der Waals surface area contributed by atoms with E-state index in [0.29, 0.717) is 37.4 Å². The van der Waals surface area contributed by atoms with Gasteiger partial charge in [-0.2, -0.15) is 9.78 Å². The van der Waals surface area contributed by atoms with Gasteiger partial charge in [0, 0.05) is 19.2 Å². The zero-order valence-electron chi connectivity index (χ0n) is 17.9. The highest BCUT2D eigenvalue weighted by molar-refractivity contribution is 5.91. The summed E-state index contributed by atoms with van der Waals surface area (Å²) < 4.78 is 21.4. The van der Waals surface area contributed by atoms with Gasteiger partial charge in [-0.25, -0.2) is 9.18 Å². The lowest BCUT2D eigenvalue weighted by molar-refractivity contribution is 0.0295. The number of benzene rings is 2. The molecule has 1 fully saturated rings. The molecular weight excluding hydrogens is 415 g/mol. The molecular formula is C23H23FN4O4. The maximum Gasteiger partial charge on any atom is 0.352 e. The standard InChI is InChI=1S/C23H23FN4O4/c1-15-3-6-17(7-4-15)14-27-22(30)20(21(29)26-9-11-32-12-10-26)25-28(23(27)31)18-8-5-16(2)19(24)13-18/h3-8,13H,9-12,14H2,1-2H3. The van der Waals surface area contributed by atoms with Gasteiger partial charge in [0.1, 0.15) is 5.82 Å². The van der Waals surface area contributed by atoms with Gasteiger partial charge in [-0.3, -0.25) is 14.2 Å². The third-order valence-corrected chi connectivity index (χ3v) is 5.42. The number of halogens is 1. The van der Waals surface area contributed by atoms with Crippen molar-refractivity contribution in [3.63, 3.8) is 0 Å². The summed E-state index contributed by atoms with van der Waals surface area (Å²) in [6, 6.07) is 11.5. The lowest BCUT2D eigenvalue weighted by atomic mass is 10.1. The molecule has 166 valence electrons. The lowest BCUT2D eigenvalue weighted by Crippen LogP contribution is -2.48. The molecule has 0 saturated carbocycles. The Bertz CT molecular complexity index is 1270. The zero-order valence-corrected chi connectivity index (χ0v) is 17.9. The molecule has 1 aromatic heterocycles. The molecule has 0 aliphatic carbocycles. The third-order valence-electron chi connectivity index (χ3n) is 5.42. The van der Waals surface area contributed by atoms with Crippen LogP contribution in [0.3, 0.4) is 0 Å². The molecule has 0 spiro atoms. The number of aromatic nitrogens is 3. The number of morpholine rings is 1. The van der Waals surface area contributed by atoms with Crippen molar-refractivity contribution in [2.24, 2.45) is 0 Å². The van der Waals surface area contributed by atoms with Gasteiger partial charge in [-0.15, -0.1) is 0 Å². The van der Waals surface area contributed by atoms with Crippen LogP contribution in [0.25, 0.3) is 5.69 Å². The second-order valence-corrected chi connectivity index (χ2v) is 7.76. The topological polar surface area (TPSA) is 86.4 Å². The van der Waals surface area contributed by atoms with Gasteiger partial charge in [0.05, 0.1) is 25.4 Å². The maximum atomic E-state index is 14.2. The monoisotopic (exact) mass is 438 g/mol. The Labute approximate surface area is 183 Å². The minimum absolute atomic E-state index is 0.0435. The number of carbonyl (C=O) groups excluding carboxylic acids is 1. The Morgan fingerprint density at radius 1 is 1.06 bits per heavy atom. The molecule has 0 atom stereocenters. The van der Waals surface area contributed by atoms with E-state index < -0.39 is 23.0 Å². The van der Waals surface area contributed by atoms with Crippen molar-refractivity contribution in [3.05, 3.63) is 91.5 Å². The van der Waals surface area contributed by atoms with Crippen LogP contribution in [0.5, 0.6) is 0 Å². The molecule has 0 unspecified atom stereocenters. The van der Waals surface area contributed by atoms with Crippen molar-refractivity contribution < 1.29 is 13.9 Å². The van der Waals surface area contributed by atoms with Crippen LogP contribution in [0.4, 0.5) is 4.39 Å². The normalized spacial score (nSPS) is 13.9. The molecule has 2 heterocycles. The first-order valence-electron chi connectivity index (χ1n) is 10.3. The van der Waals surface area contributed by atoms with Crippen molar-refractivity contribution in [3.8, 4) is 5.69 Å². The zero-order chi connectivity index (χ0) is 22.8. The average molecular weight is 438 g/mol. The first-order valence-corrected chi connectivity index (χ1v) is 10.3. The van der Waals surface area contributed by atoms with Gasteiger partial charge < -0.3 is 9.64 Å². The summed E-state index contributed by atoms with van der Waals surface area (Å²) in [5.41, 5.74) is 0.359. The molecule has 2 aromatic carbocycles. The van der Waals surface area contributed by atoms with E-state index in [1.165, 1.54) is 17.0 Å². The number of amides is 1. The largest absolute Gasteiger partial charge is 0.378 e. The molecule has 8 nitrogen and oxygen atoms in total. The summed E-state index contributed by atoms with van der Waals surface area (Å²) in [4.78, 5) is 40.9. The molecule has 0 bridgehead atoms. The fraction of sp³-hybridized carbons (Fsp3) is 0.304. The predicted molar refractivity (Wildman–Crippen MR) is 116 cm³/mol. The van der Waals surface area contributed by atoms with E-state index in [1.54, 1.807) is 19.1 Å². The second-order valence-electron chi connectivity index (χ2n) is 7.76. The number of carbonyl (C=O) groups is 1. The molecule has 1 amide bonds. The Hall–Kier alpha value is -3.59. The summed E-state index contributed by atoms with van der Waals surface area (Å²) in [5.74, 6) is -1.11. The fourth-order valence-corrected chi connectivity index (χ4v) is 3.46. The molecule has 32 heavy (non-hydrogen) atoms. The van der Waals surface area contributed by atoms with Crippen LogP contribution in [0.1, 0.15) is 27.2 Å². The molecule has 1 aliphatic rings. The van der Waals surface area contributed by atoms with Crippen molar-refractivity contribution >= 4 is 5.91 Å². The highest BCUT2D eigenvalue weighted by Gasteiger charge is 2.26. The number of hydrogen-bond acceptors (Lipinski definition) is 5. The van der Waals surface area contributed by atoms with E-state index in [4.69, 9.17) is 4.74 Å². The van der Waals surface area contributed by atoms with Gasteiger partial charge in [0.15, 0.2) is 0 Å². The van der Waals surface area contributed by atoms with Gasteiger partial charge in [-0.05, 0) is 31.0 Å². The van der Waals surface area contributed by atoms with E-state index in [2.05, 4.69) is 5.10 Å². The van der Waals surface area contributed by atoms with E-state index in [9.17, 15) is 18.8 Å². The maximum absolute atomic E-state index is 14.2. The van der Waals surface area contributed by atoms with Crippen molar-refractivity contribution in [1.29, 1.82) is 0 Å². The molecule has 1 saturated heterocycles. The summed E-state index contributed by atoms with van der Waals surface area (Å²) in [6.07, 6.45) is 0. The Morgan fingerprint density at radius 3 is 2.41 bits per heavy atom. The summed E-state index contributed by atoms with van der Waals surface area (Å²) in [5, 5.41) is 4.08. The van der Waals surface area contributed by atoms with Crippen molar-refractivity contribution in [1.82, 2.24) is 19.2 Å². The number of nitrogens with zero attached hydrogens (tertiary/aromatic N) is 4. The molecule has 4 rings (SSSR count). The quantitative estimate of drug-likeness (QED) is 0.619. The van der Waals surface area contributed by atoms with Gasteiger partial charge >= 0.3 is 5.69 Å². The van der Waals surface area contributed by atoms with Gasteiger partial charge in [0.2, 0.25) is 5.69 Å². The number of ether oxygens (including phenoxy) is 1. The van der Waals surface area contributed by atoms with E-state index in [1.807, 2.05) is 19.1 Å². The Morgan fingerprint density at radius 2 is 1.75 bits per heavy atom. The van der Waals surface area contributed by atoms with Gasteiger partial charge in [-0.1, -0.05) is 35.9 Å². The molecule has 1 aliphatic heterocycles. The minimum Gasteiger partial charge on any atom is -0.378 e. The fourth-order valence-electron chi connectivity index (χ4n) is 3.46. The highest BCUT2D eigenvalue weighted by atomic mass is 19.1. The minimum atomic E-state index is -0.782. The molecule has 3 aromatic rings. The predicted octanol–water partition coefficient (Wildman–Crippen LogP) is 1.67. The Kier molecular flexibility index (Phi) is 6.00. The molecule has 0 N–H and O–H groups in total. The Balaban J connectivity index is 1.87. The van der Waals surface area contributed by atoms with Crippen LogP contribution in [-0.4, -0.2) is 51.5 Å². The lowest BCUT2D eigenvalue weighted by Gasteiger charge is -2.26. The summed E-state index contributed by atoms with van der Waals surface area (Å²) >= 11 is 0. The second kappa shape index (κ2) is 8.88. The van der Waals surface area contributed by atoms with Crippen LogP contribution in [0.2, 0.25) is 0 Å². The summed E-state index contributed by atoms with van der Waals surface area (Å²) in [6.45, 7) is 4.82. The van der Waals surface area contributed by atoms with Crippen LogP contribution >= 0.6 is 0 Å². The van der Waals surface area contributed by atoms with Crippen LogP contribution in [0, 0.1) is 19.7 Å². The summed E-state index contributed by atoms with van der Waals surface area (Å²) in [7, 11) is 0. The van der Waals surface area contributed by atoms with E-state index >= 15 is 0 Å². The SMILES string of the molecule is Cc1ccc(Cn2c(=O)c(C(=O)N3CCOCC3)nn(-c3ccc(C)c(F)c3)c2=O)cc1. The third kappa shape index (κ3) is 4.24. The molecule has 9 heteroatoms. The van der Waals surface area contributed by atoms with Crippen LogP contribution < -0.4 is 11.2 Å². The highest BCUT2D eigenvalue weighted by Crippen LogP contribution is 2.12. The van der Waals surface area contributed by atoms with E-state index in [-0.39, 0.29) is 17.9 Å². The first-order chi connectivity index (χ1) is 15.3. The smallest absolute Gasteiger partial charge is 0.352 e. The van der Waals surface area contributed by atoms with Gasteiger partial charge in [0.25, 0.3) is 11.5 Å². The average Bonchev–Trinajstić information content (AvgIpc) is 2.80. The number of rotatable bonds is 4. The van der Waals surface area contributed by atoms with Crippen LogP contribution in [0.15, 0.2) is 52.1 Å². The van der Waals surface area contributed by atoms with E-state index in [0.717, 1.165) is 20.9 Å².